The van der Waals surface area contributed by atoms with Crippen molar-refractivity contribution in [1.82, 2.24) is 0 Å². The highest BCUT2D eigenvalue weighted by Crippen LogP contribution is 2.50. The Morgan fingerprint density at radius 1 is 0.288 bits per heavy atom. The Hall–Kier alpha value is -6.44. The van der Waals surface area contributed by atoms with E-state index in [0.29, 0.717) is 0 Å². The minimum Gasteiger partial charge on any atom is -0.310 e. The van der Waals surface area contributed by atoms with Crippen molar-refractivity contribution in [2.75, 3.05) is 4.90 Å². The van der Waals surface area contributed by atoms with Crippen LogP contribution in [0, 0.1) is 0 Å². The Morgan fingerprint density at radius 3 is 1.06 bits per heavy atom. The zero-order valence-corrected chi connectivity index (χ0v) is 29.5. The summed E-state index contributed by atoms with van der Waals surface area (Å²) in [5.41, 5.74) is 18.5. The van der Waals surface area contributed by atoms with Gasteiger partial charge in [-0.1, -0.05) is 178 Å². The molecule has 0 bridgehead atoms. The summed E-state index contributed by atoms with van der Waals surface area (Å²) in [7, 11) is 0. The first-order valence-corrected chi connectivity index (χ1v) is 18.1. The fourth-order valence-electron chi connectivity index (χ4n) is 7.86. The molecule has 0 spiro atoms. The van der Waals surface area contributed by atoms with E-state index in [-0.39, 0.29) is 5.41 Å². The van der Waals surface area contributed by atoms with E-state index in [1.165, 1.54) is 66.8 Å². The second kappa shape index (κ2) is 13.0. The minimum atomic E-state index is -0.0842. The monoisotopic (exact) mass is 665 g/mol. The maximum atomic E-state index is 2.40. The molecule has 52 heavy (non-hydrogen) atoms. The second-order valence-electron chi connectivity index (χ2n) is 14.2. The van der Waals surface area contributed by atoms with Crippen molar-refractivity contribution in [2.45, 2.75) is 19.3 Å². The summed E-state index contributed by atoms with van der Waals surface area (Å²) in [4.78, 5) is 2.39. The van der Waals surface area contributed by atoms with Crippen molar-refractivity contribution < 1.29 is 0 Å². The van der Waals surface area contributed by atoms with Crippen LogP contribution in [-0.4, -0.2) is 0 Å². The molecule has 8 aromatic carbocycles. The molecular formula is C51H39N. The van der Waals surface area contributed by atoms with Gasteiger partial charge in [0.25, 0.3) is 0 Å². The summed E-state index contributed by atoms with van der Waals surface area (Å²) in [6.07, 6.45) is 0. The summed E-state index contributed by atoms with van der Waals surface area (Å²) in [6.45, 7) is 4.70. The van der Waals surface area contributed by atoms with Crippen LogP contribution < -0.4 is 4.90 Å². The van der Waals surface area contributed by atoms with E-state index in [4.69, 9.17) is 0 Å². The van der Waals surface area contributed by atoms with Gasteiger partial charge in [0.2, 0.25) is 0 Å². The van der Waals surface area contributed by atoms with Crippen LogP contribution in [0.3, 0.4) is 0 Å². The molecule has 0 unspecified atom stereocenters. The SMILES string of the molecule is CC1(C)c2ccccc2-c2ccc(N(c3ccc(-c4ccc(-c5ccccc5)cc4)cc3)c3ccc(-c4ccc(-c5ccccc5)cc4)cc3)cc21. The van der Waals surface area contributed by atoms with Crippen LogP contribution in [0.25, 0.3) is 55.6 Å². The van der Waals surface area contributed by atoms with Crippen molar-refractivity contribution in [1.29, 1.82) is 0 Å². The maximum Gasteiger partial charge on any atom is 0.0465 e. The van der Waals surface area contributed by atoms with Crippen LogP contribution in [0.2, 0.25) is 0 Å². The number of anilines is 3. The number of hydrogen-bond acceptors (Lipinski definition) is 1. The van der Waals surface area contributed by atoms with Crippen molar-refractivity contribution in [3.8, 4) is 55.6 Å². The van der Waals surface area contributed by atoms with Gasteiger partial charge in [0, 0.05) is 22.5 Å². The van der Waals surface area contributed by atoms with Gasteiger partial charge in [0.05, 0.1) is 0 Å². The molecule has 0 aliphatic heterocycles. The van der Waals surface area contributed by atoms with E-state index >= 15 is 0 Å². The molecule has 0 N–H and O–H groups in total. The van der Waals surface area contributed by atoms with E-state index in [9.17, 15) is 0 Å². The van der Waals surface area contributed by atoms with Gasteiger partial charge < -0.3 is 4.90 Å². The third kappa shape index (κ3) is 5.71. The van der Waals surface area contributed by atoms with E-state index < -0.39 is 0 Å². The number of hydrogen-bond donors (Lipinski definition) is 0. The van der Waals surface area contributed by atoms with Crippen LogP contribution in [0.4, 0.5) is 17.1 Å². The molecule has 9 rings (SSSR count). The lowest BCUT2D eigenvalue weighted by molar-refractivity contribution is 0.660. The first-order chi connectivity index (χ1) is 25.5. The smallest absolute Gasteiger partial charge is 0.0465 e. The Kier molecular flexibility index (Phi) is 7.90. The number of nitrogens with zero attached hydrogens (tertiary/aromatic N) is 1. The lowest BCUT2D eigenvalue weighted by Crippen LogP contribution is -2.16. The largest absolute Gasteiger partial charge is 0.310 e. The Balaban J connectivity index is 1.07. The zero-order valence-electron chi connectivity index (χ0n) is 29.5. The van der Waals surface area contributed by atoms with Gasteiger partial charge in [-0.05, 0) is 103 Å². The van der Waals surface area contributed by atoms with E-state index in [1.807, 2.05) is 0 Å². The first kappa shape index (κ1) is 31.5. The van der Waals surface area contributed by atoms with Crippen LogP contribution in [0.1, 0.15) is 25.0 Å². The average molecular weight is 666 g/mol. The quantitative estimate of drug-likeness (QED) is 0.164. The molecule has 0 saturated carbocycles. The second-order valence-corrected chi connectivity index (χ2v) is 14.2. The third-order valence-corrected chi connectivity index (χ3v) is 10.7. The van der Waals surface area contributed by atoms with Gasteiger partial charge in [0.15, 0.2) is 0 Å². The molecule has 1 aliphatic rings. The van der Waals surface area contributed by atoms with Crippen molar-refractivity contribution in [3.63, 3.8) is 0 Å². The molecule has 0 atom stereocenters. The molecular weight excluding hydrogens is 627 g/mol. The number of fused-ring (bicyclic) bond motifs is 3. The van der Waals surface area contributed by atoms with E-state index in [0.717, 1.165) is 17.1 Å². The van der Waals surface area contributed by atoms with Gasteiger partial charge in [-0.2, -0.15) is 0 Å². The molecule has 0 amide bonds. The fourth-order valence-corrected chi connectivity index (χ4v) is 7.86. The first-order valence-electron chi connectivity index (χ1n) is 18.1. The predicted molar refractivity (Wildman–Crippen MR) is 220 cm³/mol. The van der Waals surface area contributed by atoms with Crippen LogP contribution in [0.5, 0.6) is 0 Å². The van der Waals surface area contributed by atoms with Crippen molar-refractivity contribution in [2.24, 2.45) is 0 Å². The number of benzene rings is 8. The molecule has 0 saturated heterocycles. The van der Waals surface area contributed by atoms with Crippen molar-refractivity contribution in [3.05, 3.63) is 211 Å². The summed E-state index contributed by atoms with van der Waals surface area (Å²) in [5, 5.41) is 0. The Labute approximate surface area is 307 Å². The molecule has 0 aromatic heterocycles. The molecule has 1 nitrogen and oxygen atoms in total. The van der Waals surface area contributed by atoms with Crippen LogP contribution in [-0.2, 0) is 5.41 Å². The van der Waals surface area contributed by atoms with Crippen LogP contribution in [0.15, 0.2) is 200 Å². The molecule has 1 aliphatic carbocycles. The highest BCUT2D eigenvalue weighted by Gasteiger charge is 2.35. The lowest BCUT2D eigenvalue weighted by Gasteiger charge is -2.28. The zero-order chi connectivity index (χ0) is 35.1. The van der Waals surface area contributed by atoms with E-state index in [2.05, 4.69) is 219 Å². The summed E-state index contributed by atoms with van der Waals surface area (Å²) in [6, 6.07) is 72.7. The summed E-state index contributed by atoms with van der Waals surface area (Å²) >= 11 is 0. The van der Waals surface area contributed by atoms with Gasteiger partial charge in [-0.3, -0.25) is 0 Å². The molecule has 8 aromatic rings. The highest BCUT2D eigenvalue weighted by molar-refractivity contribution is 5.86. The number of rotatable bonds is 7. The lowest BCUT2D eigenvalue weighted by atomic mass is 9.82. The standard InChI is InChI=1S/C51H39N/c1-51(2)49-16-10-9-15-47(49)48-34-33-46(35-50(48)51)52(44-29-25-42(26-30-44)40-21-17-38(18-22-40)36-11-5-3-6-12-36)45-31-27-43(28-32-45)41-23-19-39(20-24-41)37-13-7-4-8-14-37/h3-35H,1-2H3. The van der Waals surface area contributed by atoms with E-state index in [1.54, 1.807) is 0 Å². The maximum absolute atomic E-state index is 2.40. The van der Waals surface area contributed by atoms with Gasteiger partial charge >= 0.3 is 0 Å². The van der Waals surface area contributed by atoms with Crippen LogP contribution >= 0.6 is 0 Å². The Morgan fingerprint density at radius 2 is 0.615 bits per heavy atom. The predicted octanol–water partition coefficient (Wildman–Crippen LogP) is 14.1. The third-order valence-electron chi connectivity index (χ3n) is 10.7. The fraction of sp³-hybridized carbons (Fsp3) is 0.0588. The molecule has 0 heterocycles. The molecule has 248 valence electrons. The summed E-state index contributed by atoms with van der Waals surface area (Å²) < 4.78 is 0. The highest BCUT2D eigenvalue weighted by atomic mass is 15.1. The average Bonchev–Trinajstić information content (AvgIpc) is 3.45. The minimum absolute atomic E-state index is 0.0842. The normalized spacial score (nSPS) is 12.6. The Bertz CT molecular complexity index is 2350. The summed E-state index contributed by atoms with van der Waals surface area (Å²) in [5.74, 6) is 0. The van der Waals surface area contributed by atoms with Gasteiger partial charge in [-0.25, -0.2) is 0 Å². The van der Waals surface area contributed by atoms with Gasteiger partial charge in [0.1, 0.15) is 0 Å². The topological polar surface area (TPSA) is 3.24 Å². The molecule has 0 radical (unpaired) electrons. The van der Waals surface area contributed by atoms with Crippen molar-refractivity contribution >= 4 is 17.1 Å². The molecule has 0 fully saturated rings. The van der Waals surface area contributed by atoms with Gasteiger partial charge in [-0.15, -0.1) is 0 Å². The molecule has 1 heteroatoms.